The van der Waals surface area contributed by atoms with Crippen molar-refractivity contribution in [2.75, 3.05) is 14.2 Å². The molecule has 202 valence electrons. The van der Waals surface area contributed by atoms with E-state index >= 15 is 0 Å². The maximum Gasteiger partial charge on any atom is 0.328 e. The number of hydrogen-bond donors (Lipinski definition) is 4. The molecule has 0 aliphatic heterocycles. The summed E-state index contributed by atoms with van der Waals surface area (Å²) in [5.41, 5.74) is 0.108. The number of hydrogen-bond acceptors (Lipinski definition) is 10. The number of rotatable bonds is 8. The lowest BCUT2D eigenvalue weighted by atomic mass is 9.95. The lowest BCUT2D eigenvalue weighted by Gasteiger charge is -2.16. The van der Waals surface area contributed by atoms with E-state index < -0.39 is 53.0 Å². The zero-order valence-corrected chi connectivity index (χ0v) is 21.6. The van der Waals surface area contributed by atoms with E-state index in [0.29, 0.717) is 5.56 Å². The summed E-state index contributed by atoms with van der Waals surface area (Å²) in [6.45, 7) is 5.31. The smallest absolute Gasteiger partial charge is 0.328 e. The van der Waals surface area contributed by atoms with Crippen LogP contribution in [0.2, 0.25) is 0 Å². The number of methoxy groups -OCH3 is 2. The minimum absolute atomic E-state index is 0.0202. The minimum Gasteiger partial charge on any atom is -0.504 e. The molecule has 0 spiro atoms. The highest BCUT2D eigenvalue weighted by Crippen LogP contribution is 2.45. The molecule has 3 rings (SSSR count). The third kappa shape index (κ3) is 5.41. The predicted octanol–water partition coefficient (Wildman–Crippen LogP) is 2.92. The summed E-state index contributed by atoms with van der Waals surface area (Å²) in [5.74, 6) is -4.13. The minimum atomic E-state index is -1.26. The Morgan fingerprint density at radius 2 is 1.61 bits per heavy atom. The van der Waals surface area contributed by atoms with Gasteiger partial charge in [-0.1, -0.05) is 26.0 Å². The molecule has 0 saturated heterocycles. The van der Waals surface area contributed by atoms with Crippen LogP contribution in [0, 0.1) is 12.8 Å². The number of ether oxygens (including phenoxy) is 2. The van der Waals surface area contributed by atoms with E-state index in [-0.39, 0.29) is 45.8 Å². The Morgan fingerprint density at radius 3 is 2.16 bits per heavy atom. The van der Waals surface area contributed by atoms with Gasteiger partial charge in [0.15, 0.2) is 11.5 Å². The van der Waals surface area contributed by atoms with Crippen molar-refractivity contribution >= 4 is 28.8 Å². The number of aryl methyl sites for hydroxylation is 1. The van der Waals surface area contributed by atoms with Gasteiger partial charge in [0.2, 0.25) is 11.2 Å². The maximum absolute atomic E-state index is 13.5. The van der Waals surface area contributed by atoms with Crippen LogP contribution < -0.4 is 10.7 Å². The van der Waals surface area contributed by atoms with Crippen LogP contribution >= 0.6 is 0 Å². The monoisotopic (exact) mass is 527 g/mol. The number of benzene rings is 2. The third-order valence-corrected chi connectivity index (χ3v) is 5.97. The van der Waals surface area contributed by atoms with E-state index in [1.54, 1.807) is 6.92 Å². The van der Waals surface area contributed by atoms with Gasteiger partial charge in [-0.2, -0.15) is 0 Å². The van der Waals surface area contributed by atoms with Crippen LogP contribution in [-0.2, 0) is 25.5 Å². The molecule has 0 unspecified atom stereocenters. The maximum atomic E-state index is 13.5. The number of nitrogens with one attached hydrogen (secondary N) is 1. The van der Waals surface area contributed by atoms with Gasteiger partial charge in [0, 0.05) is 11.1 Å². The summed E-state index contributed by atoms with van der Waals surface area (Å²) in [7, 11) is 2.27. The second-order valence-electron chi connectivity index (χ2n) is 9.10. The fraction of sp³-hybridized carbons (Fsp3) is 0.333. The molecule has 0 aliphatic rings. The van der Waals surface area contributed by atoms with Crippen LogP contribution in [0.1, 0.15) is 41.9 Å². The van der Waals surface area contributed by atoms with E-state index in [2.05, 4.69) is 14.8 Å². The average Bonchev–Trinajstić information content (AvgIpc) is 2.88. The number of esters is 2. The van der Waals surface area contributed by atoms with E-state index in [1.165, 1.54) is 24.3 Å². The van der Waals surface area contributed by atoms with Crippen LogP contribution in [0.25, 0.3) is 22.1 Å². The Bertz CT molecular complexity index is 1450. The van der Waals surface area contributed by atoms with Crippen molar-refractivity contribution in [3.05, 3.63) is 51.4 Å². The van der Waals surface area contributed by atoms with Gasteiger partial charge in [-0.3, -0.25) is 14.4 Å². The normalized spacial score (nSPS) is 11.8. The van der Waals surface area contributed by atoms with Gasteiger partial charge < -0.3 is 34.5 Å². The largest absolute Gasteiger partial charge is 0.504 e. The van der Waals surface area contributed by atoms with Gasteiger partial charge in [0.1, 0.15) is 22.8 Å². The Labute approximate surface area is 217 Å². The molecular formula is C27H29NO10. The molecule has 1 atom stereocenters. The molecule has 0 bridgehead atoms. The number of fused-ring (bicyclic) bond motifs is 1. The second-order valence-corrected chi connectivity index (χ2v) is 9.10. The molecule has 3 aromatic rings. The van der Waals surface area contributed by atoms with Crippen molar-refractivity contribution in [1.82, 2.24) is 5.32 Å². The number of carbonyl (C=O) groups excluding carboxylic acids is 3. The van der Waals surface area contributed by atoms with Crippen LogP contribution in [0.4, 0.5) is 0 Å². The summed E-state index contributed by atoms with van der Waals surface area (Å²) in [6, 6.07) is 4.48. The predicted molar refractivity (Wildman–Crippen MR) is 136 cm³/mol. The number of carbonyl (C=O) groups is 3. The first-order chi connectivity index (χ1) is 17.9. The lowest BCUT2D eigenvalue weighted by molar-refractivity contribution is -0.149. The van der Waals surface area contributed by atoms with E-state index in [1.807, 2.05) is 13.8 Å². The SMILES string of the molecule is COC(=O)C[C@@H](NC(=O)c1ccc(-c2c(C)oc3c(CC(C)C)c(O)c(O)c(O)c3c2=O)cc1)C(=O)OC. The topological polar surface area (TPSA) is 173 Å². The Kier molecular flexibility index (Phi) is 8.29. The molecule has 4 N–H and O–H groups in total. The summed E-state index contributed by atoms with van der Waals surface area (Å²) >= 11 is 0. The van der Waals surface area contributed by atoms with Crippen LogP contribution in [0.5, 0.6) is 17.2 Å². The van der Waals surface area contributed by atoms with Crippen molar-refractivity contribution in [2.24, 2.45) is 5.92 Å². The number of aromatic hydroxyl groups is 3. The molecule has 11 nitrogen and oxygen atoms in total. The first kappa shape index (κ1) is 28.0. The molecule has 11 heteroatoms. The quantitative estimate of drug-likeness (QED) is 0.252. The molecule has 0 fully saturated rings. The molecule has 38 heavy (non-hydrogen) atoms. The molecule has 0 aliphatic carbocycles. The number of phenols is 3. The summed E-state index contributed by atoms with van der Waals surface area (Å²) < 4.78 is 15.1. The van der Waals surface area contributed by atoms with Gasteiger partial charge in [-0.25, -0.2) is 4.79 Å². The highest BCUT2D eigenvalue weighted by molar-refractivity contribution is 5.98. The van der Waals surface area contributed by atoms with Crippen LogP contribution in [0.15, 0.2) is 33.5 Å². The fourth-order valence-electron chi connectivity index (χ4n) is 4.10. The summed E-state index contributed by atoms with van der Waals surface area (Å²) in [4.78, 5) is 49.7. The van der Waals surface area contributed by atoms with Gasteiger partial charge >= 0.3 is 11.9 Å². The van der Waals surface area contributed by atoms with Gasteiger partial charge in [-0.15, -0.1) is 0 Å². The highest BCUT2D eigenvalue weighted by atomic mass is 16.5. The Morgan fingerprint density at radius 1 is 0.974 bits per heavy atom. The van der Waals surface area contributed by atoms with Crippen molar-refractivity contribution < 1.29 is 43.6 Å². The second kappa shape index (κ2) is 11.2. The molecule has 0 radical (unpaired) electrons. The molecule has 2 aromatic carbocycles. The molecule has 1 heterocycles. The molecular weight excluding hydrogens is 498 g/mol. The van der Waals surface area contributed by atoms with Gasteiger partial charge in [0.05, 0.1) is 26.2 Å². The van der Waals surface area contributed by atoms with Crippen molar-refractivity contribution in [3.8, 4) is 28.4 Å². The van der Waals surface area contributed by atoms with Crippen molar-refractivity contribution in [3.63, 3.8) is 0 Å². The average molecular weight is 528 g/mol. The number of amides is 1. The van der Waals surface area contributed by atoms with Crippen molar-refractivity contribution in [2.45, 2.75) is 39.7 Å². The standard InChI is InChI=1S/C27H29NO10/c1-12(2)10-16-21(30)24(33)23(32)20-22(31)19(13(3)38-25(16)20)14-6-8-15(9-7-14)26(34)28-17(27(35)37-5)11-18(29)36-4/h6-9,12,17,30,32-33H,10-11H2,1-5H3,(H,28,34)/t17-/m1/s1. The van der Waals surface area contributed by atoms with E-state index in [0.717, 1.165) is 14.2 Å². The first-order valence-electron chi connectivity index (χ1n) is 11.7. The van der Waals surface area contributed by atoms with Gasteiger partial charge in [-0.05, 0) is 37.0 Å². The van der Waals surface area contributed by atoms with Crippen molar-refractivity contribution in [1.29, 1.82) is 0 Å². The van der Waals surface area contributed by atoms with Crippen LogP contribution in [0.3, 0.4) is 0 Å². The summed E-state index contributed by atoms with van der Waals surface area (Å²) in [6.07, 6.45) is -0.140. The van der Waals surface area contributed by atoms with E-state index in [9.17, 15) is 34.5 Å². The summed E-state index contributed by atoms with van der Waals surface area (Å²) in [5, 5.41) is 33.3. The molecule has 0 saturated carbocycles. The zero-order valence-electron chi connectivity index (χ0n) is 21.6. The van der Waals surface area contributed by atoms with Gasteiger partial charge in [0.25, 0.3) is 5.91 Å². The number of phenolic OH excluding ortho intramolecular Hbond substituents is 3. The Hall–Kier alpha value is -4.54. The zero-order chi connectivity index (χ0) is 28.3. The highest BCUT2D eigenvalue weighted by Gasteiger charge is 2.27. The molecule has 1 amide bonds. The van der Waals surface area contributed by atoms with E-state index in [4.69, 9.17) is 4.42 Å². The molecule has 1 aromatic heterocycles. The fourth-order valence-corrected chi connectivity index (χ4v) is 4.10. The third-order valence-electron chi connectivity index (χ3n) is 5.97. The van der Waals surface area contributed by atoms with Crippen LogP contribution in [-0.4, -0.2) is 53.4 Å². The Balaban J connectivity index is 2.03. The lowest BCUT2D eigenvalue weighted by Crippen LogP contribution is -2.43. The first-order valence-corrected chi connectivity index (χ1v) is 11.7.